The van der Waals surface area contributed by atoms with Crippen molar-refractivity contribution >= 4 is 0 Å². The van der Waals surface area contributed by atoms with E-state index >= 15 is 0 Å². The van der Waals surface area contributed by atoms with E-state index in [1.807, 2.05) is 12.4 Å². The lowest BCUT2D eigenvalue weighted by Crippen LogP contribution is -2.09. The summed E-state index contributed by atoms with van der Waals surface area (Å²) in [5.41, 5.74) is 1.21. The Morgan fingerprint density at radius 2 is 2.16 bits per heavy atom. The molecule has 0 radical (unpaired) electrons. The molecule has 2 aromatic heterocycles. The average molecular weight is 261 g/mol. The Balaban J connectivity index is 2.24. The standard InChI is InChI=1S/C14H19N3O2/c1-14(2,3)11-9-16-17(10-11)13-8-12(4-5-15-13)19-7-6-18/h4-5,8-10,18H,6-7H2,1-3H3. The Bertz CT molecular complexity index is 544. The Labute approximate surface area is 112 Å². The molecule has 102 valence electrons. The number of aliphatic hydroxyl groups excluding tert-OH is 1. The molecule has 0 saturated heterocycles. The molecule has 1 N–H and O–H groups in total. The Morgan fingerprint density at radius 1 is 1.37 bits per heavy atom. The first kappa shape index (κ1) is 13.5. The van der Waals surface area contributed by atoms with Gasteiger partial charge in [0, 0.05) is 18.5 Å². The van der Waals surface area contributed by atoms with Gasteiger partial charge in [0.25, 0.3) is 0 Å². The van der Waals surface area contributed by atoms with Gasteiger partial charge in [0.15, 0.2) is 5.82 Å². The monoisotopic (exact) mass is 261 g/mol. The number of ether oxygens (including phenoxy) is 1. The number of rotatable bonds is 4. The van der Waals surface area contributed by atoms with E-state index in [1.54, 1.807) is 23.0 Å². The van der Waals surface area contributed by atoms with Gasteiger partial charge in [-0.2, -0.15) is 5.10 Å². The van der Waals surface area contributed by atoms with Gasteiger partial charge in [-0.1, -0.05) is 20.8 Å². The molecule has 0 atom stereocenters. The number of pyridine rings is 1. The largest absolute Gasteiger partial charge is 0.491 e. The number of hydrogen-bond donors (Lipinski definition) is 1. The first-order chi connectivity index (χ1) is 9.00. The normalized spacial score (nSPS) is 11.6. The third kappa shape index (κ3) is 3.32. The predicted molar refractivity (Wildman–Crippen MR) is 72.6 cm³/mol. The van der Waals surface area contributed by atoms with E-state index in [-0.39, 0.29) is 18.6 Å². The van der Waals surface area contributed by atoms with Crippen LogP contribution in [0.25, 0.3) is 5.82 Å². The SMILES string of the molecule is CC(C)(C)c1cnn(-c2cc(OCCO)ccn2)c1. The topological polar surface area (TPSA) is 60.2 Å². The van der Waals surface area contributed by atoms with E-state index < -0.39 is 0 Å². The zero-order valence-electron chi connectivity index (χ0n) is 11.5. The van der Waals surface area contributed by atoms with Gasteiger partial charge in [-0.25, -0.2) is 9.67 Å². The van der Waals surface area contributed by atoms with Crippen LogP contribution in [-0.4, -0.2) is 33.1 Å². The highest BCUT2D eigenvalue weighted by Gasteiger charge is 2.16. The molecule has 0 amide bonds. The predicted octanol–water partition coefficient (Wildman–Crippen LogP) is 1.94. The van der Waals surface area contributed by atoms with Crippen molar-refractivity contribution in [2.24, 2.45) is 0 Å². The Hall–Kier alpha value is -1.88. The quantitative estimate of drug-likeness (QED) is 0.913. The summed E-state index contributed by atoms with van der Waals surface area (Å²) in [5.74, 6) is 1.37. The molecule has 0 fully saturated rings. The van der Waals surface area contributed by atoms with Crippen LogP contribution in [-0.2, 0) is 5.41 Å². The molecule has 0 aromatic carbocycles. The van der Waals surface area contributed by atoms with Crippen LogP contribution in [0.15, 0.2) is 30.7 Å². The lowest BCUT2D eigenvalue weighted by atomic mass is 9.90. The number of nitrogens with zero attached hydrogens (tertiary/aromatic N) is 3. The molecule has 5 nitrogen and oxygen atoms in total. The highest BCUT2D eigenvalue weighted by atomic mass is 16.5. The lowest BCUT2D eigenvalue weighted by Gasteiger charge is -2.14. The van der Waals surface area contributed by atoms with E-state index in [9.17, 15) is 0 Å². The maximum absolute atomic E-state index is 8.75. The molecule has 5 heteroatoms. The van der Waals surface area contributed by atoms with Crippen molar-refractivity contribution in [1.82, 2.24) is 14.8 Å². The van der Waals surface area contributed by atoms with Gasteiger partial charge in [0.2, 0.25) is 0 Å². The van der Waals surface area contributed by atoms with Crippen LogP contribution < -0.4 is 4.74 Å². The summed E-state index contributed by atoms with van der Waals surface area (Å²) in [4.78, 5) is 4.27. The molecule has 0 aliphatic carbocycles. The number of aromatic nitrogens is 3. The summed E-state index contributed by atoms with van der Waals surface area (Å²) in [6.45, 7) is 6.69. The zero-order chi connectivity index (χ0) is 13.9. The summed E-state index contributed by atoms with van der Waals surface area (Å²) in [5, 5.41) is 13.1. The van der Waals surface area contributed by atoms with Gasteiger partial charge >= 0.3 is 0 Å². The first-order valence-corrected chi connectivity index (χ1v) is 6.26. The van der Waals surface area contributed by atoms with Crippen molar-refractivity contribution in [3.8, 4) is 11.6 Å². The highest BCUT2D eigenvalue weighted by Crippen LogP contribution is 2.22. The van der Waals surface area contributed by atoms with Crippen molar-refractivity contribution in [2.45, 2.75) is 26.2 Å². The molecular formula is C14H19N3O2. The van der Waals surface area contributed by atoms with Gasteiger partial charge < -0.3 is 9.84 Å². The summed E-state index contributed by atoms with van der Waals surface area (Å²) >= 11 is 0. The van der Waals surface area contributed by atoms with Crippen molar-refractivity contribution in [3.05, 3.63) is 36.3 Å². The Morgan fingerprint density at radius 3 is 2.79 bits per heavy atom. The fourth-order valence-corrected chi connectivity index (χ4v) is 1.61. The van der Waals surface area contributed by atoms with E-state index in [0.29, 0.717) is 11.6 Å². The maximum Gasteiger partial charge on any atom is 0.156 e. The van der Waals surface area contributed by atoms with Gasteiger partial charge in [-0.3, -0.25) is 0 Å². The van der Waals surface area contributed by atoms with Gasteiger partial charge in [0.05, 0.1) is 12.8 Å². The average Bonchev–Trinajstić information content (AvgIpc) is 2.86. The van der Waals surface area contributed by atoms with Crippen molar-refractivity contribution < 1.29 is 9.84 Å². The molecule has 0 aliphatic heterocycles. The number of aliphatic hydroxyl groups is 1. The Kier molecular flexibility index (Phi) is 3.85. The molecule has 0 bridgehead atoms. The van der Waals surface area contributed by atoms with E-state index in [0.717, 1.165) is 5.56 Å². The summed E-state index contributed by atoms with van der Waals surface area (Å²) in [6, 6.07) is 3.56. The maximum atomic E-state index is 8.75. The van der Waals surface area contributed by atoms with Crippen LogP contribution in [0.5, 0.6) is 5.75 Å². The smallest absolute Gasteiger partial charge is 0.156 e. The van der Waals surface area contributed by atoms with Gasteiger partial charge in [-0.05, 0) is 17.0 Å². The van der Waals surface area contributed by atoms with Crippen molar-refractivity contribution in [3.63, 3.8) is 0 Å². The minimum absolute atomic E-state index is 0.00635. The molecule has 0 spiro atoms. The van der Waals surface area contributed by atoms with E-state index in [2.05, 4.69) is 30.9 Å². The second-order valence-corrected chi connectivity index (χ2v) is 5.35. The molecule has 0 unspecified atom stereocenters. The van der Waals surface area contributed by atoms with Gasteiger partial charge in [-0.15, -0.1) is 0 Å². The molecule has 2 heterocycles. The van der Waals surface area contributed by atoms with Crippen molar-refractivity contribution in [1.29, 1.82) is 0 Å². The van der Waals surface area contributed by atoms with Crippen LogP contribution in [0.1, 0.15) is 26.3 Å². The van der Waals surface area contributed by atoms with Crippen LogP contribution >= 0.6 is 0 Å². The molecule has 0 aliphatic rings. The van der Waals surface area contributed by atoms with Crippen LogP contribution in [0, 0.1) is 0 Å². The second kappa shape index (κ2) is 5.40. The van der Waals surface area contributed by atoms with Crippen LogP contribution in [0.4, 0.5) is 0 Å². The van der Waals surface area contributed by atoms with E-state index in [4.69, 9.17) is 9.84 Å². The highest BCUT2D eigenvalue weighted by molar-refractivity contribution is 5.32. The molecule has 0 saturated carbocycles. The molecule has 2 rings (SSSR count). The zero-order valence-corrected chi connectivity index (χ0v) is 11.5. The lowest BCUT2D eigenvalue weighted by molar-refractivity contribution is 0.201. The van der Waals surface area contributed by atoms with Gasteiger partial charge in [0.1, 0.15) is 12.4 Å². The summed E-state index contributed by atoms with van der Waals surface area (Å²) < 4.78 is 7.09. The fourth-order valence-electron chi connectivity index (χ4n) is 1.61. The molecule has 19 heavy (non-hydrogen) atoms. The number of hydrogen-bond acceptors (Lipinski definition) is 4. The third-order valence-corrected chi connectivity index (χ3v) is 2.76. The minimum Gasteiger partial charge on any atom is -0.491 e. The summed E-state index contributed by atoms with van der Waals surface area (Å²) in [7, 11) is 0. The summed E-state index contributed by atoms with van der Waals surface area (Å²) in [6.07, 6.45) is 5.49. The third-order valence-electron chi connectivity index (χ3n) is 2.76. The second-order valence-electron chi connectivity index (χ2n) is 5.35. The van der Waals surface area contributed by atoms with Crippen LogP contribution in [0.3, 0.4) is 0 Å². The van der Waals surface area contributed by atoms with Crippen molar-refractivity contribution in [2.75, 3.05) is 13.2 Å². The molecule has 2 aromatic rings. The van der Waals surface area contributed by atoms with Crippen LogP contribution in [0.2, 0.25) is 0 Å². The minimum atomic E-state index is -0.00635. The van der Waals surface area contributed by atoms with E-state index in [1.165, 1.54) is 0 Å². The first-order valence-electron chi connectivity index (χ1n) is 6.26. The fraction of sp³-hybridized carbons (Fsp3) is 0.429. The molecular weight excluding hydrogens is 242 g/mol.